The summed E-state index contributed by atoms with van der Waals surface area (Å²) in [5, 5.41) is 24.3. The van der Waals surface area contributed by atoms with E-state index in [4.69, 9.17) is 9.47 Å². The van der Waals surface area contributed by atoms with E-state index in [0.29, 0.717) is 17.7 Å². The molecule has 0 unspecified atom stereocenters. The molecule has 1 heterocycles. The summed E-state index contributed by atoms with van der Waals surface area (Å²) in [4.78, 5) is 21.9. The van der Waals surface area contributed by atoms with Crippen molar-refractivity contribution in [2.24, 2.45) is 5.10 Å². The van der Waals surface area contributed by atoms with Gasteiger partial charge in [0.2, 0.25) is 11.7 Å². The highest BCUT2D eigenvalue weighted by atomic mass is 79.9. The van der Waals surface area contributed by atoms with Crippen LogP contribution in [0.4, 0.5) is 5.69 Å². The van der Waals surface area contributed by atoms with Crippen molar-refractivity contribution in [2.75, 3.05) is 13.2 Å². The van der Waals surface area contributed by atoms with Crippen LogP contribution in [0.25, 0.3) is 0 Å². The van der Waals surface area contributed by atoms with E-state index in [9.17, 15) is 20.0 Å². The number of amides is 1. The number of phenolic OH excluding ortho intramolecular Hbond substituents is 1. The maximum Gasteiger partial charge on any atom is 0.312 e. The van der Waals surface area contributed by atoms with Crippen molar-refractivity contribution in [2.45, 2.75) is 19.1 Å². The number of halogens is 1. The summed E-state index contributed by atoms with van der Waals surface area (Å²) in [6.45, 7) is 2.48. The first-order chi connectivity index (χ1) is 10.8. The first kappa shape index (κ1) is 17.3. The number of carbonyl (C=O) groups is 1. The normalized spacial score (nSPS) is 16.6. The van der Waals surface area contributed by atoms with Gasteiger partial charge in [-0.25, -0.2) is 5.43 Å². The van der Waals surface area contributed by atoms with E-state index in [1.54, 1.807) is 6.92 Å². The Labute approximate surface area is 139 Å². The van der Waals surface area contributed by atoms with Crippen LogP contribution in [0, 0.1) is 10.1 Å². The van der Waals surface area contributed by atoms with Crippen LogP contribution in [0.1, 0.15) is 18.9 Å². The van der Waals surface area contributed by atoms with Gasteiger partial charge in [0.25, 0.3) is 0 Å². The lowest BCUT2D eigenvalue weighted by atomic mass is 10.2. The van der Waals surface area contributed by atoms with E-state index in [1.807, 2.05) is 0 Å². The number of hydrogen-bond donors (Lipinski definition) is 2. The second kappa shape index (κ2) is 7.02. The molecule has 1 aliphatic rings. The quantitative estimate of drug-likeness (QED) is 0.449. The van der Waals surface area contributed by atoms with E-state index in [0.717, 1.165) is 6.21 Å². The number of carbonyl (C=O) groups excluding carboxylic acids is 1. The lowest BCUT2D eigenvalue weighted by molar-refractivity contribution is -0.385. The molecule has 0 atom stereocenters. The van der Waals surface area contributed by atoms with Gasteiger partial charge >= 0.3 is 5.69 Å². The molecule has 124 valence electrons. The minimum atomic E-state index is -0.976. The van der Waals surface area contributed by atoms with Crippen LogP contribution in [-0.2, 0) is 14.3 Å². The summed E-state index contributed by atoms with van der Waals surface area (Å²) in [5.74, 6) is -1.96. The fraction of sp³-hybridized carbons (Fsp3) is 0.385. The molecule has 0 aliphatic carbocycles. The summed E-state index contributed by atoms with van der Waals surface area (Å²) in [6.07, 6.45) is 1.07. The van der Waals surface area contributed by atoms with Crippen molar-refractivity contribution in [1.82, 2.24) is 5.43 Å². The van der Waals surface area contributed by atoms with Gasteiger partial charge in [0.05, 0.1) is 30.8 Å². The minimum absolute atomic E-state index is 0.0467. The van der Waals surface area contributed by atoms with Crippen molar-refractivity contribution in [3.05, 3.63) is 32.3 Å². The number of benzene rings is 1. The number of ether oxygens (including phenoxy) is 2. The molecule has 2 rings (SSSR count). The summed E-state index contributed by atoms with van der Waals surface area (Å²) >= 11 is 3.10. The van der Waals surface area contributed by atoms with Crippen molar-refractivity contribution in [3.63, 3.8) is 0 Å². The number of rotatable bonds is 5. The summed E-state index contributed by atoms with van der Waals surface area (Å²) in [7, 11) is 0. The predicted octanol–water partition coefficient (Wildman–Crippen LogP) is 1.67. The zero-order chi connectivity index (χ0) is 17.0. The van der Waals surface area contributed by atoms with Crippen molar-refractivity contribution in [3.8, 4) is 5.75 Å². The molecular formula is C13H14BrN3O6. The third-order valence-electron chi connectivity index (χ3n) is 3.05. The molecule has 9 nitrogen and oxygen atoms in total. The summed E-state index contributed by atoms with van der Waals surface area (Å²) in [6, 6.07) is 2.60. The Hall–Kier alpha value is -2.04. The number of hydrazone groups is 1. The molecule has 1 aromatic rings. The molecule has 1 aliphatic heterocycles. The van der Waals surface area contributed by atoms with Crippen LogP contribution in [0.5, 0.6) is 5.75 Å². The van der Waals surface area contributed by atoms with Crippen LogP contribution < -0.4 is 5.43 Å². The lowest BCUT2D eigenvalue weighted by Crippen LogP contribution is -2.33. The molecule has 1 amide bonds. The van der Waals surface area contributed by atoms with Crippen molar-refractivity contribution < 1.29 is 24.3 Å². The van der Waals surface area contributed by atoms with Crippen LogP contribution >= 0.6 is 15.9 Å². The number of nitro groups is 1. The van der Waals surface area contributed by atoms with Gasteiger partial charge < -0.3 is 14.6 Å². The monoisotopic (exact) mass is 387 g/mol. The third kappa shape index (κ3) is 4.47. The summed E-state index contributed by atoms with van der Waals surface area (Å²) < 4.78 is 11.0. The van der Waals surface area contributed by atoms with E-state index >= 15 is 0 Å². The maximum atomic E-state index is 11.8. The standard InChI is InChI=1S/C13H14BrN3O6/c1-13(22-2-3-23-13)6-11(18)16-15-7-8-4-9(14)5-10(12(8)19)17(20)21/h4-5,7,19H,2-3,6H2,1H3,(H,16,18)/b15-7+. The fourth-order valence-electron chi connectivity index (χ4n) is 2.01. The van der Waals surface area contributed by atoms with E-state index in [-0.39, 0.29) is 12.0 Å². The third-order valence-corrected chi connectivity index (χ3v) is 3.51. The van der Waals surface area contributed by atoms with Crippen molar-refractivity contribution >= 4 is 33.7 Å². The first-order valence-electron chi connectivity index (χ1n) is 6.57. The molecule has 1 saturated heterocycles. The maximum absolute atomic E-state index is 11.8. The topological polar surface area (TPSA) is 123 Å². The van der Waals surface area contributed by atoms with Crippen LogP contribution in [0.15, 0.2) is 21.7 Å². The van der Waals surface area contributed by atoms with Crippen LogP contribution in [0.2, 0.25) is 0 Å². The number of aromatic hydroxyl groups is 1. The number of nitrogens with zero attached hydrogens (tertiary/aromatic N) is 2. The van der Waals surface area contributed by atoms with Gasteiger partial charge in [-0.1, -0.05) is 15.9 Å². The molecule has 23 heavy (non-hydrogen) atoms. The molecule has 0 saturated carbocycles. The smallest absolute Gasteiger partial charge is 0.312 e. The highest BCUT2D eigenvalue weighted by Gasteiger charge is 2.33. The second-order valence-electron chi connectivity index (χ2n) is 4.92. The van der Waals surface area contributed by atoms with Gasteiger partial charge in [0.1, 0.15) is 0 Å². The SMILES string of the molecule is CC1(CC(=O)N/N=C/c2cc(Br)cc([N+](=O)[O-])c2O)OCCO1. The zero-order valence-corrected chi connectivity index (χ0v) is 13.7. The fourth-order valence-corrected chi connectivity index (χ4v) is 2.47. The van der Waals surface area contributed by atoms with Gasteiger partial charge in [-0.2, -0.15) is 5.10 Å². The number of nitro benzene ring substituents is 1. The number of nitrogens with one attached hydrogen (secondary N) is 1. The first-order valence-corrected chi connectivity index (χ1v) is 7.37. The van der Waals surface area contributed by atoms with Gasteiger partial charge in [-0.3, -0.25) is 14.9 Å². The number of phenols is 1. The van der Waals surface area contributed by atoms with Gasteiger partial charge in [-0.15, -0.1) is 0 Å². The Morgan fingerprint density at radius 3 is 2.83 bits per heavy atom. The molecule has 1 fully saturated rings. The molecule has 1 aromatic carbocycles. The largest absolute Gasteiger partial charge is 0.502 e. The molecular weight excluding hydrogens is 374 g/mol. The summed E-state index contributed by atoms with van der Waals surface area (Å²) in [5.41, 5.74) is 1.88. The molecule has 0 radical (unpaired) electrons. The second-order valence-corrected chi connectivity index (χ2v) is 5.84. The van der Waals surface area contributed by atoms with Gasteiger partial charge in [0.15, 0.2) is 5.79 Å². The Bertz CT molecular complexity index is 657. The molecule has 2 N–H and O–H groups in total. The average molecular weight is 388 g/mol. The average Bonchev–Trinajstić information content (AvgIpc) is 2.88. The predicted molar refractivity (Wildman–Crippen MR) is 83.1 cm³/mol. The van der Waals surface area contributed by atoms with E-state index in [2.05, 4.69) is 26.5 Å². The lowest BCUT2D eigenvalue weighted by Gasteiger charge is -2.20. The zero-order valence-electron chi connectivity index (χ0n) is 12.1. The van der Waals surface area contributed by atoms with Crippen LogP contribution in [-0.4, -0.2) is 41.2 Å². The Morgan fingerprint density at radius 1 is 1.57 bits per heavy atom. The van der Waals surface area contributed by atoms with Gasteiger partial charge in [0, 0.05) is 16.1 Å². The Kier molecular flexibility index (Phi) is 5.29. The van der Waals surface area contributed by atoms with Crippen LogP contribution in [0.3, 0.4) is 0 Å². The molecule has 10 heteroatoms. The highest BCUT2D eigenvalue weighted by molar-refractivity contribution is 9.10. The highest BCUT2D eigenvalue weighted by Crippen LogP contribution is 2.32. The van der Waals surface area contributed by atoms with Gasteiger partial charge in [-0.05, 0) is 13.0 Å². The minimum Gasteiger partial charge on any atom is -0.502 e. The Balaban J connectivity index is 2.03. The molecule has 0 aromatic heterocycles. The van der Waals surface area contributed by atoms with E-state index in [1.165, 1.54) is 12.1 Å². The molecule has 0 bridgehead atoms. The Morgan fingerprint density at radius 2 is 2.22 bits per heavy atom. The van der Waals surface area contributed by atoms with E-state index < -0.39 is 28.1 Å². The number of hydrogen-bond acceptors (Lipinski definition) is 7. The molecule has 0 spiro atoms. The van der Waals surface area contributed by atoms with Crippen molar-refractivity contribution in [1.29, 1.82) is 0 Å².